The summed E-state index contributed by atoms with van der Waals surface area (Å²) in [5, 5.41) is 7.75. The van der Waals surface area contributed by atoms with Crippen LogP contribution in [-0.2, 0) is 17.2 Å². The summed E-state index contributed by atoms with van der Waals surface area (Å²) in [7, 11) is -1.83. The standard InChI is InChI=1S/C20H16F4N4O3S/c1-10-14(20(22,23)24)9-26-19(31-15-6-7-16(21)27-11(15)2)17(10)18(29)28-12-4-3-5-13(8-12)32(25)30/h3-9H,25H2,1-2H3,(H,28,29). The lowest BCUT2D eigenvalue weighted by molar-refractivity contribution is -0.138. The molecule has 3 rings (SSSR count). The van der Waals surface area contributed by atoms with Crippen molar-refractivity contribution in [3.63, 3.8) is 0 Å². The predicted octanol–water partition coefficient (Wildman–Crippen LogP) is 4.28. The number of anilines is 1. The van der Waals surface area contributed by atoms with Crippen molar-refractivity contribution in [3.8, 4) is 11.6 Å². The molecule has 32 heavy (non-hydrogen) atoms. The molecule has 0 radical (unpaired) electrons. The molecule has 0 aliphatic rings. The molecule has 0 fully saturated rings. The lowest BCUT2D eigenvalue weighted by atomic mass is 10.0. The fourth-order valence-corrected chi connectivity index (χ4v) is 3.29. The second kappa shape index (κ2) is 9.01. The van der Waals surface area contributed by atoms with Crippen LogP contribution < -0.4 is 15.2 Å². The summed E-state index contributed by atoms with van der Waals surface area (Å²) in [6.45, 7) is 2.53. The average molecular weight is 468 g/mol. The zero-order chi connectivity index (χ0) is 23.6. The zero-order valence-corrected chi connectivity index (χ0v) is 17.5. The third kappa shape index (κ3) is 5.08. The molecule has 168 valence electrons. The molecule has 1 aromatic carbocycles. The molecule has 0 saturated carbocycles. The van der Waals surface area contributed by atoms with Crippen LogP contribution in [0.2, 0.25) is 0 Å². The van der Waals surface area contributed by atoms with E-state index in [4.69, 9.17) is 9.88 Å². The van der Waals surface area contributed by atoms with Gasteiger partial charge in [0.25, 0.3) is 5.91 Å². The van der Waals surface area contributed by atoms with E-state index in [1.54, 1.807) is 0 Å². The van der Waals surface area contributed by atoms with Gasteiger partial charge in [0.05, 0.1) is 16.2 Å². The lowest BCUT2D eigenvalue weighted by Crippen LogP contribution is -2.19. The minimum Gasteiger partial charge on any atom is -0.436 e. The number of aromatic nitrogens is 2. The van der Waals surface area contributed by atoms with Gasteiger partial charge in [-0.15, -0.1) is 0 Å². The van der Waals surface area contributed by atoms with Crippen LogP contribution in [0.15, 0.2) is 47.5 Å². The predicted molar refractivity (Wildman–Crippen MR) is 108 cm³/mol. The van der Waals surface area contributed by atoms with Gasteiger partial charge < -0.3 is 10.1 Å². The SMILES string of the molecule is Cc1nc(F)ccc1Oc1ncc(C(F)(F)F)c(C)c1C(=O)Nc1cccc(S(N)=O)c1. The highest BCUT2D eigenvalue weighted by molar-refractivity contribution is 7.82. The smallest absolute Gasteiger partial charge is 0.418 e. The normalized spacial score (nSPS) is 12.3. The van der Waals surface area contributed by atoms with E-state index in [-0.39, 0.29) is 22.0 Å². The number of halogens is 4. The van der Waals surface area contributed by atoms with E-state index in [1.165, 1.54) is 37.3 Å². The molecule has 0 aliphatic heterocycles. The van der Waals surface area contributed by atoms with E-state index >= 15 is 0 Å². The number of pyridine rings is 2. The first-order valence-corrected chi connectivity index (χ1v) is 10.1. The first-order valence-electron chi connectivity index (χ1n) is 8.92. The van der Waals surface area contributed by atoms with Crippen molar-refractivity contribution in [2.75, 3.05) is 5.32 Å². The monoisotopic (exact) mass is 468 g/mol. The Morgan fingerprint density at radius 1 is 1.19 bits per heavy atom. The van der Waals surface area contributed by atoms with E-state index in [0.717, 1.165) is 13.0 Å². The molecule has 2 heterocycles. The number of nitrogens with zero attached hydrogens (tertiary/aromatic N) is 2. The Labute approximate surface area is 182 Å². The Balaban J connectivity index is 2.07. The first kappa shape index (κ1) is 23.3. The summed E-state index contributed by atoms with van der Waals surface area (Å²) in [5.41, 5.74) is -1.78. The van der Waals surface area contributed by atoms with Crippen LogP contribution in [0.5, 0.6) is 11.6 Å². The molecular weight excluding hydrogens is 452 g/mol. The number of aryl methyl sites for hydroxylation is 1. The topological polar surface area (TPSA) is 107 Å². The second-order valence-electron chi connectivity index (χ2n) is 6.57. The summed E-state index contributed by atoms with van der Waals surface area (Å²) in [6.07, 6.45) is -4.22. The van der Waals surface area contributed by atoms with Gasteiger partial charge >= 0.3 is 6.18 Å². The van der Waals surface area contributed by atoms with Gasteiger partial charge in [-0.05, 0) is 49.7 Å². The highest BCUT2D eigenvalue weighted by atomic mass is 32.2. The second-order valence-corrected chi connectivity index (χ2v) is 7.64. The van der Waals surface area contributed by atoms with E-state index in [0.29, 0.717) is 6.20 Å². The Hall–Kier alpha value is -3.38. The van der Waals surface area contributed by atoms with E-state index in [2.05, 4.69) is 15.3 Å². The highest BCUT2D eigenvalue weighted by Crippen LogP contribution is 2.36. The number of alkyl halides is 3. The van der Waals surface area contributed by atoms with Crippen molar-refractivity contribution in [1.29, 1.82) is 0 Å². The highest BCUT2D eigenvalue weighted by Gasteiger charge is 2.36. The van der Waals surface area contributed by atoms with Crippen LogP contribution in [0.1, 0.15) is 27.2 Å². The molecule has 0 bridgehead atoms. The fourth-order valence-electron chi connectivity index (χ4n) is 2.83. The fraction of sp³-hybridized carbons (Fsp3) is 0.150. The number of carbonyl (C=O) groups is 1. The van der Waals surface area contributed by atoms with E-state index in [9.17, 15) is 26.6 Å². The van der Waals surface area contributed by atoms with Crippen LogP contribution in [-0.4, -0.2) is 20.1 Å². The van der Waals surface area contributed by atoms with E-state index in [1.807, 2.05) is 0 Å². The van der Waals surface area contributed by atoms with Gasteiger partial charge in [-0.3, -0.25) is 4.79 Å². The van der Waals surface area contributed by atoms with Gasteiger partial charge in [-0.2, -0.15) is 17.6 Å². The van der Waals surface area contributed by atoms with Gasteiger partial charge in [0.15, 0.2) is 5.75 Å². The van der Waals surface area contributed by atoms with E-state index < -0.39 is 51.6 Å². The Kier molecular flexibility index (Phi) is 6.55. The number of nitrogens with one attached hydrogen (secondary N) is 1. The summed E-state index contributed by atoms with van der Waals surface area (Å²) in [6, 6.07) is 7.91. The van der Waals surface area contributed by atoms with Gasteiger partial charge in [0.2, 0.25) is 11.8 Å². The molecule has 0 saturated heterocycles. The maximum Gasteiger partial charge on any atom is 0.418 e. The molecule has 1 unspecified atom stereocenters. The molecule has 3 N–H and O–H groups in total. The number of carbonyl (C=O) groups excluding carboxylic acids is 1. The third-order valence-corrected chi connectivity index (χ3v) is 5.09. The summed E-state index contributed by atoms with van der Waals surface area (Å²) in [5.74, 6) is -2.15. The molecule has 0 spiro atoms. The third-order valence-electron chi connectivity index (χ3n) is 4.37. The quantitative estimate of drug-likeness (QED) is 0.429. The Morgan fingerprint density at radius 3 is 2.53 bits per heavy atom. The number of hydrogen-bond donors (Lipinski definition) is 2. The number of amides is 1. The number of hydrogen-bond acceptors (Lipinski definition) is 5. The molecule has 7 nitrogen and oxygen atoms in total. The van der Waals surface area contributed by atoms with Crippen molar-refractivity contribution in [1.82, 2.24) is 9.97 Å². The number of benzene rings is 1. The molecule has 0 aliphatic carbocycles. The van der Waals surface area contributed by atoms with Crippen LogP contribution in [0.4, 0.5) is 23.2 Å². The van der Waals surface area contributed by atoms with Crippen LogP contribution in [0, 0.1) is 19.8 Å². The van der Waals surface area contributed by atoms with Crippen LogP contribution in [0.25, 0.3) is 0 Å². The van der Waals surface area contributed by atoms with Crippen LogP contribution >= 0.6 is 0 Å². The van der Waals surface area contributed by atoms with Crippen LogP contribution in [0.3, 0.4) is 0 Å². The molecular formula is C20H16F4N4O3S. The van der Waals surface area contributed by atoms with Crippen molar-refractivity contribution in [3.05, 3.63) is 70.9 Å². The van der Waals surface area contributed by atoms with Crippen molar-refractivity contribution >= 4 is 22.6 Å². The maximum absolute atomic E-state index is 13.4. The Bertz CT molecular complexity index is 1220. The van der Waals surface area contributed by atoms with Crippen molar-refractivity contribution in [2.24, 2.45) is 5.14 Å². The van der Waals surface area contributed by atoms with Gasteiger partial charge in [-0.1, -0.05) is 6.07 Å². The number of ether oxygens (including phenoxy) is 1. The molecule has 3 aromatic rings. The van der Waals surface area contributed by atoms with Gasteiger partial charge in [-0.25, -0.2) is 19.3 Å². The van der Waals surface area contributed by atoms with Gasteiger partial charge in [0, 0.05) is 11.9 Å². The summed E-state index contributed by atoms with van der Waals surface area (Å²) < 4.78 is 70.5. The molecule has 12 heteroatoms. The molecule has 1 atom stereocenters. The zero-order valence-electron chi connectivity index (χ0n) is 16.7. The van der Waals surface area contributed by atoms with Crippen molar-refractivity contribution in [2.45, 2.75) is 24.9 Å². The molecule has 1 amide bonds. The lowest BCUT2D eigenvalue weighted by Gasteiger charge is -2.17. The molecule has 2 aromatic heterocycles. The summed E-state index contributed by atoms with van der Waals surface area (Å²) in [4.78, 5) is 20.4. The maximum atomic E-state index is 13.4. The average Bonchev–Trinajstić information content (AvgIpc) is 2.69. The minimum atomic E-state index is -4.77. The number of nitrogens with two attached hydrogens (primary N) is 1. The largest absolute Gasteiger partial charge is 0.436 e. The minimum absolute atomic E-state index is 0.00707. The number of rotatable bonds is 5. The van der Waals surface area contributed by atoms with Gasteiger partial charge in [0.1, 0.15) is 16.5 Å². The Morgan fingerprint density at radius 2 is 1.91 bits per heavy atom. The van der Waals surface area contributed by atoms with Crippen molar-refractivity contribution < 1.29 is 31.3 Å². The summed E-state index contributed by atoms with van der Waals surface area (Å²) >= 11 is 0. The first-order chi connectivity index (χ1) is 15.0.